The predicted octanol–water partition coefficient (Wildman–Crippen LogP) is 6.87. The minimum absolute atomic E-state index is 0. The van der Waals surface area contributed by atoms with Crippen molar-refractivity contribution in [2.45, 2.75) is 0 Å². The second kappa shape index (κ2) is 13.5. The van der Waals surface area contributed by atoms with Crippen LogP contribution in [0.4, 0.5) is 11.4 Å². The van der Waals surface area contributed by atoms with E-state index in [1.807, 2.05) is 97.1 Å². The average Bonchev–Trinajstić information content (AvgIpc) is 3.07. The van der Waals surface area contributed by atoms with E-state index in [4.69, 9.17) is 11.5 Å². The molecule has 0 atom stereocenters. The third kappa shape index (κ3) is 6.42. The first-order valence-corrected chi connectivity index (χ1v) is 13.3. The molecule has 8 nitrogen and oxygen atoms in total. The summed E-state index contributed by atoms with van der Waals surface area (Å²) in [5.74, 6) is 0. The minimum Gasteiger partial charge on any atom is -0.398 e. The maximum absolute atomic E-state index is 5.95. The molecule has 0 spiro atoms. The standard InChI is InChI=1S/2C12H9N3.C10H8N2.Ru/c2*13-10-7-8-3-1-5-14-11(8)12-9(10)4-2-6-15-12;1-3-7-11-9(5-1)10-6-2-4-8-12-10;/h2*1-7H,13H2;1-8H;. The molecule has 0 saturated heterocycles. The van der Waals surface area contributed by atoms with Gasteiger partial charge in [-0.25, -0.2) is 0 Å². The van der Waals surface area contributed by atoms with Gasteiger partial charge in [-0.1, -0.05) is 24.3 Å². The van der Waals surface area contributed by atoms with Crippen LogP contribution in [0.25, 0.3) is 55.0 Å². The Bertz CT molecular complexity index is 1970. The zero-order valence-corrected chi connectivity index (χ0v) is 24.6. The SMILES string of the molecule is Nc1cc2cccnc2c2ncccc12.Nc1cc2cccnc2c2ncccc12.[Ru].c1ccc(-c2ccccn2)nc1. The number of benzene rings is 2. The van der Waals surface area contributed by atoms with Crippen molar-refractivity contribution in [2.75, 3.05) is 11.5 Å². The van der Waals surface area contributed by atoms with Gasteiger partial charge in [-0.05, 0) is 72.8 Å². The first-order valence-electron chi connectivity index (χ1n) is 13.3. The molecule has 9 heteroatoms. The van der Waals surface area contributed by atoms with Gasteiger partial charge < -0.3 is 11.5 Å². The van der Waals surface area contributed by atoms with Crippen molar-refractivity contribution in [1.29, 1.82) is 0 Å². The summed E-state index contributed by atoms with van der Waals surface area (Å²) >= 11 is 0. The molecule has 0 aliphatic rings. The van der Waals surface area contributed by atoms with Crippen molar-refractivity contribution < 1.29 is 19.5 Å². The summed E-state index contributed by atoms with van der Waals surface area (Å²) in [7, 11) is 0. The molecule has 0 bridgehead atoms. The predicted molar refractivity (Wildman–Crippen MR) is 170 cm³/mol. The van der Waals surface area contributed by atoms with E-state index in [1.165, 1.54) is 0 Å². The van der Waals surface area contributed by atoms with E-state index in [0.717, 1.165) is 66.4 Å². The van der Waals surface area contributed by atoms with Gasteiger partial charge in [0, 0.05) is 89.6 Å². The molecular formula is C34H26N8Ru. The van der Waals surface area contributed by atoms with E-state index in [9.17, 15) is 0 Å². The molecule has 0 aliphatic carbocycles. The van der Waals surface area contributed by atoms with Crippen molar-refractivity contribution in [3.63, 3.8) is 0 Å². The third-order valence-corrected chi connectivity index (χ3v) is 6.58. The first kappa shape index (κ1) is 29.1. The number of nitrogen functional groups attached to an aromatic ring is 2. The van der Waals surface area contributed by atoms with Crippen LogP contribution in [0.5, 0.6) is 0 Å². The van der Waals surface area contributed by atoms with Crippen molar-refractivity contribution in [3.05, 3.63) is 134 Å². The van der Waals surface area contributed by atoms with Crippen LogP contribution >= 0.6 is 0 Å². The fourth-order valence-electron chi connectivity index (χ4n) is 4.64. The molecule has 2 aromatic carbocycles. The Morgan fingerprint density at radius 2 is 0.744 bits per heavy atom. The van der Waals surface area contributed by atoms with Gasteiger partial charge in [0.1, 0.15) is 0 Å². The van der Waals surface area contributed by atoms with Crippen LogP contribution in [0, 0.1) is 0 Å². The smallest absolute Gasteiger partial charge is 0.0985 e. The van der Waals surface area contributed by atoms with Gasteiger partial charge in [0.2, 0.25) is 0 Å². The van der Waals surface area contributed by atoms with Gasteiger partial charge in [-0.3, -0.25) is 29.9 Å². The number of fused-ring (bicyclic) bond motifs is 6. The van der Waals surface area contributed by atoms with E-state index in [-0.39, 0.29) is 19.5 Å². The Morgan fingerprint density at radius 1 is 0.372 bits per heavy atom. The molecule has 8 rings (SSSR count). The number of nitrogens with two attached hydrogens (primary N) is 2. The van der Waals surface area contributed by atoms with E-state index in [2.05, 4.69) is 29.9 Å². The topological polar surface area (TPSA) is 129 Å². The Balaban J connectivity index is 0.000000128. The zero-order valence-electron chi connectivity index (χ0n) is 22.9. The van der Waals surface area contributed by atoms with E-state index < -0.39 is 0 Å². The molecule has 43 heavy (non-hydrogen) atoms. The number of pyridine rings is 6. The summed E-state index contributed by atoms with van der Waals surface area (Å²) in [5, 5.41) is 3.98. The summed E-state index contributed by atoms with van der Waals surface area (Å²) in [6, 6.07) is 30.9. The number of rotatable bonds is 1. The van der Waals surface area contributed by atoms with Crippen LogP contribution in [0.15, 0.2) is 134 Å². The van der Waals surface area contributed by atoms with Crippen LogP contribution < -0.4 is 11.5 Å². The molecule has 6 heterocycles. The Labute approximate surface area is 260 Å². The number of aromatic nitrogens is 6. The van der Waals surface area contributed by atoms with Crippen molar-refractivity contribution in [2.24, 2.45) is 0 Å². The molecule has 6 aromatic heterocycles. The van der Waals surface area contributed by atoms with Crippen molar-refractivity contribution >= 4 is 55.0 Å². The molecule has 0 amide bonds. The Hall–Kier alpha value is -5.40. The Morgan fingerprint density at radius 3 is 1.14 bits per heavy atom. The summed E-state index contributed by atoms with van der Waals surface area (Å²) in [4.78, 5) is 25.7. The molecule has 4 N–H and O–H groups in total. The zero-order chi connectivity index (χ0) is 28.7. The van der Waals surface area contributed by atoms with Crippen LogP contribution in [0.3, 0.4) is 0 Å². The van der Waals surface area contributed by atoms with Crippen LogP contribution in [0.1, 0.15) is 0 Å². The number of hydrogen-bond acceptors (Lipinski definition) is 8. The van der Waals surface area contributed by atoms with Gasteiger partial charge in [-0.15, -0.1) is 0 Å². The van der Waals surface area contributed by atoms with Gasteiger partial charge in [0.15, 0.2) is 0 Å². The average molecular weight is 648 g/mol. The van der Waals surface area contributed by atoms with Gasteiger partial charge in [-0.2, -0.15) is 0 Å². The monoisotopic (exact) mass is 648 g/mol. The fourth-order valence-corrected chi connectivity index (χ4v) is 4.64. The summed E-state index contributed by atoms with van der Waals surface area (Å²) in [6.07, 6.45) is 10.6. The molecule has 210 valence electrons. The number of nitrogens with zero attached hydrogens (tertiary/aromatic N) is 6. The molecule has 0 aliphatic heterocycles. The summed E-state index contributed by atoms with van der Waals surface area (Å²) in [6.45, 7) is 0. The summed E-state index contributed by atoms with van der Waals surface area (Å²) < 4.78 is 0. The van der Waals surface area contributed by atoms with Gasteiger partial charge in [0.05, 0.1) is 33.5 Å². The van der Waals surface area contributed by atoms with Gasteiger partial charge in [0.25, 0.3) is 0 Å². The second-order valence-corrected chi connectivity index (χ2v) is 9.31. The van der Waals surface area contributed by atoms with Crippen LogP contribution in [-0.2, 0) is 19.5 Å². The molecule has 0 radical (unpaired) electrons. The second-order valence-electron chi connectivity index (χ2n) is 9.31. The third-order valence-electron chi connectivity index (χ3n) is 6.58. The maximum Gasteiger partial charge on any atom is 0.0985 e. The molecule has 0 saturated carbocycles. The molecule has 0 fully saturated rings. The molecule has 0 unspecified atom stereocenters. The number of hydrogen-bond donors (Lipinski definition) is 2. The maximum atomic E-state index is 5.95. The number of anilines is 2. The largest absolute Gasteiger partial charge is 0.398 e. The van der Waals surface area contributed by atoms with Crippen LogP contribution in [0.2, 0.25) is 0 Å². The van der Waals surface area contributed by atoms with Crippen molar-refractivity contribution in [3.8, 4) is 11.4 Å². The van der Waals surface area contributed by atoms with E-state index in [0.29, 0.717) is 0 Å². The van der Waals surface area contributed by atoms with E-state index in [1.54, 1.807) is 37.2 Å². The molecular weight excluding hydrogens is 621 g/mol. The Kier molecular flexibility index (Phi) is 9.15. The first-order chi connectivity index (χ1) is 20.7. The van der Waals surface area contributed by atoms with E-state index >= 15 is 0 Å². The fraction of sp³-hybridized carbons (Fsp3) is 0. The normalized spacial score (nSPS) is 10.3. The molecule has 8 aromatic rings. The minimum atomic E-state index is 0. The summed E-state index contributed by atoms with van der Waals surface area (Å²) in [5.41, 5.74) is 18.8. The quantitative estimate of drug-likeness (QED) is 0.112. The van der Waals surface area contributed by atoms with Crippen LogP contribution in [-0.4, -0.2) is 29.9 Å². The van der Waals surface area contributed by atoms with Gasteiger partial charge >= 0.3 is 0 Å². The van der Waals surface area contributed by atoms with Crippen molar-refractivity contribution in [1.82, 2.24) is 29.9 Å².